The highest BCUT2D eigenvalue weighted by molar-refractivity contribution is 5.66. The molecule has 0 fully saturated rings. The van der Waals surface area contributed by atoms with Gasteiger partial charge in [0.05, 0.1) is 19.0 Å². The number of fused-ring (bicyclic) bond motifs is 1. The first kappa shape index (κ1) is 12.5. The van der Waals surface area contributed by atoms with Gasteiger partial charge in [0.15, 0.2) is 17.3 Å². The van der Waals surface area contributed by atoms with E-state index in [0.717, 1.165) is 23.8 Å². The third-order valence-electron chi connectivity index (χ3n) is 3.11. The van der Waals surface area contributed by atoms with E-state index in [1.807, 2.05) is 22.7 Å². The lowest BCUT2D eigenvalue weighted by atomic mass is 10.4. The molecule has 0 aliphatic heterocycles. The summed E-state index contributed by atoms with van der Waals surface area (Å²) in [5.41, 5.74) is 3.37. The molecule has 7 nitrogen and oxygen atoms in total. The second-order valence-electron chi connectivity index (χ2n) is 4.35. The van der Waals surface area contributed by atoms with Crippen molar-refractivity contribution in [3.63, 3.8) is 0 Å². The molecule has 3 aromatic rings. The molecule has 3 aromatic heterocycles. The van der Waals surface area contributed by atoms with Gasteiger partial charge in [-0.1, -0.05) is 0 Å². The van der Waals surface area contributed by atoms with Crippen molar-refractivity contribution in [2.24, 2.45) is 5.84 Å². The first-order valence-electron chi connectivity index (χ1n) is 6.39. The maximum absolute atomic E-state index is 5.47. The highest BCUT2D eigenvalue weighted by Gasteiger charge is 2.15. The Bertz CT molecular complexity index is 690. The summed E-state index contributed by atoms with van der Waals surface area (Å²) >= 11 is 0. The van der Waals surface area contributed by atoms with E-state index in [2.05, 4.69) is 27.2 Å². The zero-order chi connectivity index (χ0) is 13.9. The van der Waals surface area contributed by atoms with E-state index in [1.54, 1.807) is 18.7 Å². The molecule has 3 N–H and O–H groups in total. The molecular formula is C13H16N6O. The van der Waals surface area contributed by atoms with Crippen LogP contribution in [0.3, 0.4) is 0 Å². The SMILES string of the molecule is CCN(Cc1ccco1)c1nc(NN)cn2ccnc12. The molecule has 20 heavy (non-hydrogen) atoms. The van der Waals surface area contributed by atoms with Gasteiger partial charge in [0, 0.05) is 18.9 Å². The monoisotopic (exact) mass is 272 g/mol. The van der Waals surface area contributed by atoms with Crippen molar-refractivity contribution in [1.82, 2.24) is 14.4 Å². The Balaban J connectivity index is 2.03. The second kappa shape index (κ2) is 5.22. The van der Waals surface area contributed by atoms with Crippen molar-refractivity contribution < 1.29 is 4.42 Å². The fourth-order valence-electron chi connectivity index (χ4n) is 2.12. The molecule has 0 saturated heterocycles. The third kappa shape index (κ3) is 2.19. The summed E-state index contributed by atoms with van der Waals surface area (Å²) in [5.74, 6) is 7.71. The van der Waals surface area contributed by atoms with E-state index in [1.165, 1.54) is 0 Å². The van der Waals surface area contributed by atoms with Crippen LogP contribution in [-0.2, 0) is 6.54 Å². The van der Waals surface area contributed by atoms with Gasteiger partial charge in [-0.05, 0) is 19.1 Å². The van der Waals surface area contributed by atoms with E-state index >= 15 is 0 Å². The summed E-state index contributed by atoms with van der Waals surface area (Å²) in [5, 5.41) is 0. The van der Waals surface area contributed by atoms with Crippen LogP contribution in [0.1, 0.15) is 12.7 Å². The first-order valence-corrected chi connectivity index (χ1v) is 6.39. The minimum atomic E-state index is 0.586. The molecule has 0 spiro atoms. The Morgan fingerprint density at radius 2 is 2.40 bits per heavy atom. The molecular weight excluding hydrogens is 256 g/mol. The van der Waals surface area contributed by atoms with Gasteiger partial charge in [-0.15, -0.1) is 0 Å². The van der Waals surface area contributed by atoms with Crippen LogP contribution in [0, 0.1) is 0 Å². The van der Waals surface area contributed by atoms with Crippen molar-refractivity contribution in [3.05, 3.63) is 42.7 Å². The molecule has 3 heterocycles. The number of nitrogens with two attached hydrogens (primary N) is 1. The summed E-state index contributed by atoms with van der Waals surface area (Å²) in [7, 11) is 0. The number of hydrazine groups is 1. The average Bonchev–Trinajstić information content (AvgIpc) is 3.14. The number of hydrogen-bond acceptors (Lipinski definition) is 6. The fraction of sp³-hybridized carbons (Fsp3) is 0.231. The van der Waals surface area contributed by atoms with E-state index in [4.69, 9.17) is 10.3 Å². The van der Waals surface area contributed by atoms with Crippen LogP contribution in [0.2, 0.25) is 0 Å². The number of nitrogens with one attached hydrogen (secondary N) is 1. The second-order valence-corrected chi connectivity index (χ2v) is 4.35. The Hall–Kier alpha value is -2.54. The lowest BCUT2D eigenvalue weighted by Crippen LogP contribution is -2.24. The summed E-state index contributed by atoms with van der Waals surface area (Å²) in [4.78, 5) is 10.9. The highest BCUT2D eigenvalue weighted by atomic mass is 16.3. The molecule has 0 radical (unpaired) electrons. The number of anilines is 2. The van der Waals surface area contributed by atoms with Gasteiger partial charge in [0.2, 0.25) is 0 Å². The lowest BCUT2D eigenvalue weighted by molar-refractivity contribution is 0.503. The number of aromatic nitrogens is 3. The minimum absolute atomic E-state index is 0.586. The van der Waals surface area contributed by atoms with Gasteiger partial charge in [-0.2, -0.15) is 0 Å². The summed E-state index contributed by atoms with van der Waals surface area (Å²) in [6.07, 6.45) is 7.07. The van der Waals surface area contributed by atoms with Crippen molar-refractivity contribution >= 4 is 17.3 Å². The third-order valence-corrected chi connectivity index (χ3v) is 3.11. The topological polar surface area (TPSA) is 84.6 Å². The predicted molar refractivity (Wildman–Crippen MR) is 76.2 cm³/mol. The van der Waals surface area contributed by atoms with Crippen LogP contribution >= 0.6 is 0 Å². The smallest absolute Gasteiger partial charge is 0.180 e. The van der Waals surface area contributed by atoms with Crippen LogP contribution in [0.5, 0.6) is 0 Å². The van der Waals surface area contributed by atoms with Crippen LogP contribution in [-0.4, -0.2) is 20.9 Å². The van der Waals surface area contributed by atoms with E-state index < -0.39 is 0 Å². The zero-order valence-electron chi connectivity index (χ0n) is 11.2. The molecule has 0 bridgehead atoms. The number of nitrogen functional groups attached to an aromatic ring is 1. The normalized spacial score (nSPS) is 10.9. The molecule has 0 saturated carbocycles. The number of furan rings is 1. The van der Waals surface area contributed by atoms with Gasteiger partial charge < -0.3 is 19.1 Å². The Labute approximate surface area is 116 Å². The Kier molecular flexibility index (Phi) is 3.26. The van der Waals surface area contributed by atoms with Crippen LogP contribution in [0.4, 0.5) is 11.6 Å². The van der Waals surface area contributed by atoms with Crippen LogP contribution in [0.25, 0.3) is 5.65 Å². The number of rotatable bonds is 5. The van der Waals surface area contributed by atoms with Gasteiger partial charge in [-0.3, -0.25) is 0 Å². The van der Waals surface area contributed by atoms with E-state index in [-0.39, 0.29) is 0 Å². The molecule has 0 atom stereocenters. The van der Waals surface area contributed by atoms with Crippen molar-refractivity contribution in [1.29, 1.82) is 0 Å². The highest BCUT2D eigenvalue weighted by Crippen LogP contribution is 2.22. The molecule has 7 heteroatoms. The van der Waals surface area contributed by atoms with E-state index in [0.29, 0.717) is 12.4 Å². The molecule has 0 aromatic carbocycles. The molecule has 0 aliphatic carbocycles. The molecule has 0 aliphatic rings. The van der Waals surface area contributed by atoms with Gasteiger partial charge in [-0.25, -0.2) is 15.8 Å². The van der Waals surface area contributed by atoms with Crippen molar-refractivity contribution in [2.75, 3.05) is 16.9 Å². The number of nitrogens with zero attached hydrogens (tertiary/aromatic N) is 4. The maximum atomic E-state index is 5.47. The quantitative estimate of drug-likeness (QED) is 0.542. The molecule has 0 unspecified atom stereocenters. The fourth-order valence-corrected chi connectivity index (χ4v) is 2.12. The summed E-state index contributed by atoms with van der Waals surface area (Å²) in [6.45, 7) is 3.48. The van der Waals surface area contributed by atoms with Crippen molar-refractivity contribution in [3.8, 4) is 0 Å². The standard InChI is InChI=1S/C13H16N6O/c1-2-18(8-10-4-3-7-20-10)13-12-15-5-6-19(12)9-11(16-13)17-14/h3-7,9,17H,2,8,14H2,1H3. The predicted octanol–water partition coefficient (Wildman–Crippen LogP) is 1.63. The van der Waals surface area contributed by atoms with Crippen molar-refractivity contribution in [2.45, 2.75) is 13.5 Å². The Morgan fingerprint density at radius 3 is 3.10 bits per heavy atom. The summed E-state index contributed by atoms with van der Waals surface area (Å²) < 4.78 is 7.29. The van der Waals surface area contributed by atoms with Gasteiger partial charge in [0.25, 0.3) is 0 Å². The van der Waals surface area contributed by atoms with Gasteiger partial charge >= 0.3 is 0 Å². The summed E-state index contributed by atoms with van der Waals surface area (Å²) in [6, 6.07) is 3.82. The maximum Gasteiger partial charge on any atom is 0.180 e. The number of hydrogen-bond donors (Lipinski definition) is 2. The van der Waals surface area contributed by atoms with Crippen LogP contribution < -0.4 is 16.2 Å². The number of imidazole rings is 1. The zero-order valence-corrected chi connectivity index (χ0v) is 11.2. The molecule has 0 amide bonds. The molecule has 3 rings (SSSR count). The largest absolute Gasteiger partial charge is 0.467 e. The average molecular weight is 272 g/mol. The van der Waals surface area contributed by atoms with Crippen LogP contribution in [0.15, 0.2) is 41.4 Å². The molecule has 104 valence electrons. The minimum Gasteiger partial charge on any atom is -0.467 e. The lowest BCUT2D eigenvalue weighted by Gasteiger charge is -2.21. The first-order chi connectivity index (χ1) is 9.81. The Morgan fingerprint density at radius 1 is 1.50 bits per heavy atom. The van der Waals surface area contributed by atoms with E-state index in [9.17, 15) is 0 Å². The van der Waals surface area contributed by atoms with Gasteiger partial charge in [0.1, 0.15) is 5.76 Å².